The lowest BCUT2D eigenvalue weighted by molar-refractivity contribution is 0.603. The Labute approximate surface area is 64.4 Å². The van der Waals surface area contributed by atoms with Crippen LogP contribution in [0.4, 0.5) is 0 Å². The number of hydrogen-bond acceptors (Lipinski definition) is 0. The van der Waals surface area contributed by atoms with Crippen molar-refractivity contribution in [2.24, 2.45) is 0 Å². The first-order valence-corrected chi connectivity index (χ1v) is 4.48. The van der Waals surface area contributed by atoms with Gasteiger partial charge in [0.15, 0.2) is 0 Å². The minimum atomic E-state index is 0.336. The third-order valence-electron chi connectivity index (χ3n) is 1.43. The van der Waals surface area contributed by atoms with Crippen LogP contribution in [0.15, 0.2) is 24.0 Å². The Hall–Kier alpha value is -0.350. The van der Waals surface area contributed by atoms with E-state index in [0.29, 0.717) is 5.41 Å². The van der Waals surface area contributed by atoms with Gasteiger partial charge in [-0.3, -0.25) is 0 Å². The van der Waals surface area contributed by atoms with Crippen LogP contribution in [0.3, 0.4) is 0 Å². The molecular formula is C9H13P. The van der Waals surface area contributed by atoms with Crippen LogP contribution in [0.5, 0.6) is 0 Å². The molecule has 0 aliphatic heterocycles. The van der Waals surface area contributed by atoms with Gasteiger partial charge < -0.3 is 0 Å². The van der Waals surface area contributed by atoms with E-state index >= 15 is 0 Å². The van der Waals surface area contributed by atoms with Gasteiger partial charge in [0.05, 0.1) is 0 Å². The molecule has 1 aromatic rings. The van der Waals surface area contributed by atoms with Crippen LogP contribution in [0.1, 0.15) is 26.1 Å². The zero-order valence-corrected chi connectivity index (χ0v) is 7.65. The molecular weight excluding hydrogens is 139 g/mol. The Morgan fingerprint density at radius 2 is 1.90 bits per heavy atom. The summed E-state index contributed by atoms with van der Waals surface area (Å²) in [6.07, 6.45) is 0. The summed E-state index contributed by atoms with van der Waals surface area (Å²) in [6, 6.07) is 6.41. The molecule has 1 aromatic heterocycles. The van der Waals surface area contributed by atoms with Gasteiger partial charge in [-0.15, -0.1) is 0 Å². The minimum Gasteiger partial charge on any atom is -0.0724 e. The second-order valence-corrected chi connectivity index (χ2v) is 4.50. The molecule has 0 nitrogen and oxygen atoms in total. The van der Waals surface area contributed by atoms with Crippen molar-refractivity contribution in [3.63, 3.8) is 0 Å². The summed E-state index contributed by atoms with van der Waals surface area (Å²) in [5.74, 6) is 2.18. The second-order valence-electron chi connectivity index (χ2n) is 3.46. The van der Waals surface area contributed by atoms with Gasteiger partial charge in [-0.25, -0.2) is 0 Å². The van der Waals surface area contributed by atoms with Gasteiger partial charge >= 0.3 is 0 Å². The van der Waals surface area contributed by atoms with Crippen LogP contribution < -0.4 is 0 Å². The van der Waals surface area contributed by atoms with E-state index in [4.69, 9.17) is 0 Å². The highest BCUT2D eigenvalue weighted by molar-refractivity contribution is 7.30. The lowest BCUT2D eigenvalue weighted by Gasteiger charge is -2.17. The van der Waals surface area contributed by atoms with Crippen molar-refractivity contribution >= 4 is 8.19 Å². The van der Waals surface area contributed by atoms with Crippen molar-refractivity contribution < 1.29 is 0 Å². The summed E-state index contributed by atoms with van der Waals surface area (Å²) < 4.78 is 0. The predicted octanol–water partition coefficient (Wildman–Crippen LogP) is 3.56. The molecule has 1 heterocycles. The van der Waals surface area contributed by atoms with E-state index in [2.05, 4.69) is 44.8 Å². The fourth-order valence-electron chi connectivity index (χ4n) is 0.806. The second kappa shape index (κ2) is 2.72. The predicted molar refractivity (Wildman–Crippen MR) is 47.7 cm³/mol. The minimum absolute atomic E-state index is 0.336. The quantitative estimate of drug-likeness (QED) is 0.533. The van der Waals surface area contributed by atoms with Gasteiger partial charge in [0.25, 0.3) is 0 Å². The van der Waals surface area contributed by atoms with Crippen LogP contribution in [0, 0.1) is 0 Å². The van der Waals surface area contributed by atoms with Gasteiger partial charge in [0.1, 0.15) is 0 Å². The molecule has 10 heavy (non-hydrogen) atoms. The topological polar surface area (TPSA) is 0 Å². The lowest BCUT2D eigenvalue weighted by Crippen LogP contribution is -2.08. The fraction of sp³-hybridized carbons (Fsp3) is 0.444. The molecule has 0 radical (unpaired) electrons. The first kappa shape index (κ1) is 7.75. The largest absolute Gasteiger partial charge is 0.0724 e. The highest BCUT2D eigenvalue weighted by atomic mass is 31.0. The SMILES string of the molecule is CC(C)(C)c1ccccp1. The third kappa shape index (κ3) is 1.82. The van der Waals surface area contributed by atoms with Crippen molar-refractivity contribution in [2.45, 2.75) is 26.2 Å². The highest BCUT2D eigenvalue weighted by Crippen LogP contribution is 2.28. The molecule has 0 N–H and O–H groups in total. The van der Waals surface area contributed by atoms with Crippen molar-refractivity contribution in [1.82, 2.24) is 0 Å². The van der Waals surface area contributed by atoms with Gasteiger partial charge in [-0.2, -0.15) is 0 Å². The molecule has 0 atom stereocenters. The Balaban J connectivity index is 2.97. The van der Waals surface area contributed by atoms with Crippen LogP contribution in [-0.2, 0) is 5.41 Å². The van der Waals surface area contributed by atoms with E-state index in [-0.39, 0.29) is 0 Å². The molecule has 0 aliphatic carbocycles. The van der Waals surface area contributed by atoms with Crippen molar-refractivity contribution in [1.29, 1.82) is 0 Å². The molecule has 1 rings (SSSR count). The third-order valence-corrected chi connectivity index (χ3v) is 2.85. The van der Waals surface area contributed by atoms with Crippen LogP contribution >= 0.6 is 8.19 Å². The van der Waals surface area contributed by atoms with Gasteiger partial charge in [-0.05, 0) is 16.5 Å². The van der Waals surface area contributed by atoms with E-state index in [0.717, 1.165) is 0 Å². The van der Waals surface area contributed by atoms with E-state index in [1.807, 2.05) is 0 Å². The Kier molecular flexibility index (Phi) is 2.11. The summed E-state index contributed by atoms with van der Waals surface area (Å²) in [5, 5.41) is 1.50. The average molecular weight is 152 g/mol. The van der Waals surface area contributed by atoms with Crippen LogP contribution in [-0.4, -0.2) is 0 Å². The molecule has 1 heteroatoms. The van der Waals surface area contributed by atoms with Gasteiger partial charge in [-0.1, -0.05) is 47.2 Å². The Bertz CT molecular complexity index is 196. The zero-order valence-electron chi connectivity index (χ0n) is 6.76. The first-order valence-electron chi connectivity index (χ1n) is 3.52. The summed E-state index contributed by atoms with van der Waals surface area (Å²) in [4.78, 5) is 0. The maximum atomic E-state index is 2.25. The fourth-order valence-corrected chi connectivity index (χ4v) is 1.71. The van der Waals surface area contributed by atoms with Crippen molar-refractivity contribution in [2.75, 3.05) is 0 Å². The number of rotatable bonds is 0. The lowest BCUT2D eigenvalue weighted by atomic mass is 9.95. The Morgan fingerprint density at radius 1 is 1.20 bits per heavy atom. The standard InChI is InChI=1S/C9H13P/c1-9(2,3)8-6-4-5-7-10-8/h4-7H,1-3H3. The van der Waals surface area contributed by atoms with Crippen LogP contribution in [0.2, 0.25) is 0 Å². The van der Waals surface area contributed by atoms with E-state index < -0.39 is 0 Å². The van der Waals surface area contributed by atoms with Crippen molar-refractivity contribution in [3.05, 3.63) is 29.3 Å². The molecule has 0 unspecified atom stereocenters. The molecule has 0 saturated carbocycles. The summed E-state index contributed by atoms with van der Waals surface area (Å²) in [5.41, 5.74) is 0.336. The normalized spacial score (nSPS) is 12.3. The molecule has 0 saturated heterocycles. The molecule has 0 bridgehead atoms. The molecule has 0 fully saturated rings. The average Bonchev–Trinajstić information content (AvgIpc) is 1.88. The molecule has 0 amide bonds. The monoisotopic (exact) mass is 152 g/mol. The summed E-state index contributed by atoms with van der Waals surface area (Å²) in [7, 11) is 1.36. The van der Waals surface area contributed by atoms with Gasteiger partial charge in [0, 0.05) is 0 Å². The molecule has 54 valence electrons. The zero-order chi connectivity index (χ0) is 7.61. The molecule has 0 aromatic carbocycles. The summed E-state index contributed by atoms with van der Waals surface area (Å²) >= 11 is 0. The summed E-state index contributed by atoms with van der Waals surface area (Å²) in [6.45, 7) is 6.75. The maximum Gasteiger partial charge on any atom is -0.00884 e. The van der Waals surface area contributed by atoms with Crippen molar-refractivity contribution in [3.8, 4) is 0 Å². The highest BCUT2D eigenvalue weighted by Gasteiger charge is 2.12. The van der Waals surface area contributed by atoms with Crippen LogP contribution in [0.25, 0.3) is 0 Å². The van der Waals surface area contributed by atoms with Gasteiger partial charge in [0.2, 0.25) is 0 Å². The van der Waals surface area contributed by atoms with E-state index in [1.165, 1.54) is 13.5 Å². The number of hydrogen-bond donors (Lipinski definition) is 0. The maximum absolute atomic E-state index is 2.25. The first-order chi connectivity index (χ1) is 4.61. The van der Waals surface area contributed by atoms with E-state index in [1.54, 1.807) is 0 Å². The van der Waals surface area contributed by atoms with E-state index in [9.17, 15) is 0 Å². The molecule has 0 aliphatic rings. The smallest absolute Gasteiger partial charge is 0.00884 e. The molecule has 0 spiro atoms. The Morgan fingerprint density at radius 3 is 2.20 bits per heavy atom.